The van der Waals surface area contributed by atoms with Crippen LogP contribution in [0.1, 0.15) is 42.6 Å². The molecule has 1 unspecified atom stereocenters. The molecular formula is C20H29N3O. The Hall–Kier alpha value is -2.07. The minimum atomic E-state index is 0.187. The van der Waals surface area contributed by atoms with Crippen molar-refractivity contribution in [3.05, 3.63) is 59.8 Å². The van der Waals surface area contributed by atoms with Crippen LogP contribution in [-0.4, -0.2) is 36.5 Å². The van der Waals surface area contributed by atoms with Crippen LogP contribution >= 0.6 is 0 Å². The highest BCUT2D eigenvalue weighted by Gasteiger charge is 2.25. The van der Waals surface area contributed by atoms with Crippen LogP contribution in [0.15, 0.2) is 48.7 Å². The van der Waals surface area contributed by atoms with Crippen LogP contribution in [0.5, 0.6) is 0 Å². The van der Waals surface area contributed by atoms with E-state index >= 15 is 0 Å². The van der Waals surface area contributed by atoms with Gasteiger partial charge in [0.05, 0.1) is 6.04 Å². The van der Waals surface area contributed by atoms with Crippen molar-refractivity contribution in [3.63, 3.8) is 0 Å². The molecule has 2 heterocycles. The summed E-state index contributed by atoms with van der Waals surface area (Å²) in [4.78, 5) is 14.2. The SMILES string of the molecule is CC.O=C1c2ccccc2CN1CCCCNCC1C=CC=CN1. The highest BCUT2D eigenvalue weighted by Crippen LogP contribution is 2.22. The number of hydrogen-bond acceptors (Lipinski definition) is 3. The van der Waals surface area contributed by atoms with Gasteiger partial charge < -0.3 is 15.5 Å². The van der Waals surface area contributed by atoms with Gasteiger partial charge in [-0.15, -0.1) is 0 Å². The Morgan fingerprint density at radius 3 is 2.79 bits per heavy atom. The molecule has 1 amide bonds. The van der Waals surface area contributed by atoms with Crippen molar-refractivity contribution in [2.45, 2.75) is 39.3 Å². The topological polar surface area (TPSA) is 44.4 Å². The summed E-state index contributed by atoms with van der Waals surface area (Å²) in [6, 6.07) is 8.31. The van der Waals surface area contributed by atoms with E-state index in [1.54, 1.807) is 0 Å². The van der Waals surface area contributed by atoms with E-state index in [2.05, 4.69) is 22.8 Å². The first-order chi connectivity index (χ1) is 11.8. The Bertz CT molecular complexity index is 580. The third-order valence-electron chi connectivity index (χ3n) is 4.15. The summed E-state index contributed by atoms with van der Waals surface area (Å²) < 4.78 is 0. The van der Waals surface area contributed by atoms with Crippen LogP contribution in [0.3, 0.4) is 0 Å². The minimum absolute atomic E-state index is 0.187. The van der Waals surface area contributed by atoms with E-state index in [0.29, 0.717) is 6.04 Å². The van der Waals surface area contributed by atoms with E-state index in [9.17, 15) is 4.79 Å². The number of hydrogen-bond donors (Lipinski definition) is 2. The fraction of sp³-hybridized carbons (Fsp3) is 0.450. The summed E-state index contributed by atoms with van der Waals surface area (Å²) in [6.45, 7) is 7.55. The van der Waals surface area contributed by atoms with Crippen molar-refractivity contribution >= 4 is 5.91 Å². The van der Waals surface area contributed by atoms with E-state index in [4.69, 9.17) is 0 Å². The second kappa shape index (κ2) is 9.93. The van der Waals surface area contributed by atoms with Gasteiger partial charge in [0.25, 0.3) is 5.91 Å². The molecule has 4 nitrogen and oxygen atoms in total. The number of carbonyl (C=O) groups is 1. The number of benzene rings is 1. The van der Waals surface area contributed by atoms with Gasteiger partial charge in [-0.05, 0) is 43.3 Å². The average Bonchev–Trinajstić information content (AvgIpc) is 2.97. The van der Waals surface area contributed by atoms with Gasteiger partial charge in [-0.25, -0.2) is 0 Å². The first-order valence-corrected chi connectivity index (χ1v) is 9.02. The maximum absolute atomic E-state index is 12.2. The van der Waals surface area contributed by atoms with E-state index in [1.165, 1.54) is 0 Å². The number of allylic oxidation sites excluding steroid dienone is 2. The molecule has 3 rings (SSSR count). The quantitative estimate of drug-likeness (QED) is 0.757. The minimum Gasteiger partial charge on any atom is -0.383 e. The van der Waals surface area contributed by atoms with Gasteiger partial charge in [-0.3, -0.25) is 4.79 Å². The zero-order valence-corrected chi connectivity index (χ0v) is 14.8. The summed E-state index contributed by atoms with van der Waals surface area (Å²) >= 11 is 0. The first kappa shape index (κ1) is 18.3. The maximum Gasteiger partial charge on any atom is 0.254 e. The molecule has 0 aliphatic carbocycles. The summed E-state index contributed by atoms with van der Waals surface area (Å²) in [6.07, 6.45) is 10.3. The largest absolute Gasteiger partial charge is 0.383 e. The maximum atomic E-state index is 12.2. The molecule has 0 fully saturated rings. The lowest BCUT2D eigenvalue weighted by molar-refractivity contribution is 0.0776. The molecule has 2 aliphatic heterocycles. The monoisotopic (exact) mass is 327 g/mol. The second-order valence-corrected chi connectivity index (χ2v) is 5.81. The molecule has 0 saturated heterocycles. The average molecular weight is 327 g/mol. The van der Waals surface area contributed by atoms with Crippen LogP contribution < -0.4 is 10.6 Å². The number of fused-ring (bicyclic) bond motifs is 1. The molecule has 24 heavy (non-hydrogen) atoms. The number of nitrogens with one attached hydrogen (secondary N) is 2. The molecule has 2 aliphatic rings. The highest BCUT2D eigenvalue weighted by molar-refractivity contribution is 5.98. The molecule has 130 valence electrons. The van der Waals surface area contributed by atoms with Gasteiger partial charge in [-0.2, -0.15) is 0 Å². The van der Waals surface area contributed by atoms with Crippen molar-refractivity contribution < 1.29 is 4.79 Å². The number of nitrogens with zero attached hydrogens (tertiary/aromatic N) is 1. The number of amides is 1. The van der Waals surface area contributed by atoms with Crippen molar-refractivity contribution in [2.75, 3.05) is 19.6 Å². The molecule has 1 aromatic carbocycles. The molecule has 4 heteroatoms. The zero-order chi connectivity index (χ0) is 17.2. The molecular weight excluding hydrogens is 298 g/mol. The summed E-state index contributed by atoms with van der Waals surface area (Å²) in [5.41, 5.74) is 2.04. The zero-order valence-electron chi connectivity index (χ0n) is 14.8. The van der Waals surface area contributed by atoms with Gasteiger partial charge in [0.2, 0.25) is 0 Å². The van der Waals surface area contributed by atoms with Gasteiger partial charge in [0.15, 0.2) is 0 Å². The summed E-state index contributed by atoms with van der Waals surface area (Å²) in [5, 5.41) is 6.75. The van der Waals surface area contributed by atoms with E-state index < -0.39 is 0 Å². The molecule has 1 atom stereocenters. The molecule has 2 N–H and O–H groups in total. The lowest BCUT2D eigenvalue weighted by Gasteiger charge is -2.17. The molecule has 0 spiro atoms. The highest BCUT2D eigenvalue weighted by atomic mass is 16.2. The second-order valence-electron chi connectivity index (χ2n) is 5.81. The molecule has 0 aromatic heterocycles. The Labute approximate surface area is 145 Å². The lowest BCUT2D eigenvalue weighted by atomic mass is 10.1. The third-order valence-corrected chi connectivity index (χ3v) is 4.15. The predicted octanol–water partition coefficient (Wildman–Crippen LogP) is 3.08. The van der Waals surface area contributed by atoms with Gasteiger partial charge in [0.1, 0.15) is 0 Å². The van der Waals surface area contributed by atoms with Crippen LogP contribution in [0.25, 0.3) is 0 Å². The van der Waals surface area contributed by atoms with Crippen molar-refractivity contribution in [1.82, 2.24) is 15.5 Å². The first-order valence-electron chi connectivity index (χ1n) is 9.02. The predicted molar refractivity (Wildman–Crippen MR) is 99.8 cm³/mol. The fourth-order valence-corrected chi connectivity index (χ4v) is 2.92. The van der Waals surface area contributed by atoms with E-state index in [-0.39, 0.29) is 5.91 Å². The Balaban J connectivity index is 0.00000100. The smallest absolute Gasteiger partial charge is 0.254 e. The number of rotatable bonds is 7. The lowest BCUT2D eigenvalue weighted by Crippen LogP contribution is -2.35. The Kier molecular flexibility index (Phi) is 7.56. The number of carbonyl (C=O) groups excluding carboxylic acids is 1. The Morgan fingerprint density at radius 2 is 2.04 bits per heavy atom. The van der Waals surface area contributed by atoms with E-state index in [0.717, 1.165) is 50.1 Å². The molecule has 1 aromatic rings. The van der Waals surface area contributed by atoms with Crippen LogP contribution in [0.2, 0.25) is 0 Å². The number of unbranched alkanes of at least 4 members (excludes halogenated alkanes) is 1. The fourth-order valence-electron chi connectivity index (χ4n) is 2.92. The van der Waals surface area contributed by atoms with Crippen LogP contribution in [0, 0.1) is 0 Å². The normalized spacial score (nSPS) is 18.0. The van der Waals surface area contributed by atoms with Crippen molar-refractivity contribution in [2.24, 2.45) is 0 Å². The van der Waals surface area contributed by atoms with Crippen molar-refractivity contribution in [3.8, 4) is 0 Å². The van der Waals surface area contributed by atoms with E-state index in [1.807, 2.05) is 55.3 Å². The van der Waals surface area contributed by atoms with Gasteiger partial charge in [-0.1, -0.05) is 44.2 Å². The van der Waals surface area contributed by atoms with Crippen molar-refractivity contribution in [1.29, 1.82) is 0 Å². The summed E-state index contributed by atoms with van der Waals surface area (Å²) in [5.74, 6) is 0.187. The number of dihydropyridines is 1. The molecule has 0 bridgehead atoms. The molecule has 0 radical (unpaired) electrons. The Morgan fingerprint density at radius 1 is 1.21 bits per heavy atom. The summed E-state index contributed by atoms with van der Waals surface area (Å²) in [7, 11) is 0. The van der Waals surface area contributed by atoms with Crippen LogP contribution in [-0.2, 0) is 6.54 Å². The van der Waals surface area contributed by atoms with Gasteiger partial charge in [0, 0.05) is 25.2 Å². The standard InChI is InChI=1S/C18H23N3O.C2H6/c22-18-17-9-2-1-7-15(17)14-21(18)12-6-5-10-19-13-16-8-3-4-11-20-16;1-2/h1-4,7-9,11,16,19-20H,5-6,10,12-14H2;1-2H3. The van der Waals surface area contributed by atoms with Crippen LogP contribution in [0.4, 0.5) is 0 Å². The third kappa shape index (κ3) is 4.96. The van der Waals surface area contributed by atoms with Gasteiger partial charge >= 0.3 is 0 Å². The molecule has 0 saturated carbocycles.